The highest BCUT2D eigenvalue weighted by molar-refractivity contribution is 7.89. The maximum atomic E-state index is 12.5. The smallest absolute Gasteiger partial charge is 0.321 e. The van der Waals surface area contributed by atoms with Gasteiger partial charge in [0.2, 0.25) is 10.0 Å². The molecule has 8 nitrogen and oxygen atoms in total. The van der Waals surface area contributed by atoms with Gasteiger partial charge < -0.3 is 15.3 Å². The first-order valence-corrected chi connectivity index (χ1v) is 10.5. The van der Waals surface area contributed by atoms with Gasteiger partial charge in [-0.25, -0.2) is 17.9 Å². The molecule has 150 valence electrons. The van der Waals surface area contributed by atoms with Crippen molar-refractivity contribution in [1.82, 2.24) is 9.62 Å². The maximum absolute atomic E-state index is 12.5. The molecular formula is C18H27N3O5S. The van der Waals surface area contributed by atoms with Crippen molar-refractivity contribution < 1.29 is 23.1 Å². The number of aryl methyl sites for hydroxylation is 1. The Hall–Kier alpha value is -2.13. The Morgan fingerprint density at radius 2 is 2.04 bits per heavy atom. The van der Waals surface area contributed by atoms with Gasteiger partial charge in [0.25, 0.3) is 0 Å². The third-order valence-corrected chi connectivity index (χ3v) is 6.32. The number of benzene rings is 1. The molecule has 3 N–H and O–H groups in total. The number of aliphatic carboxylic acids is 1. The molecule has 1 fully saturated rings. The average Bonchev–Trinajstić information content (AvgIpc) is 3.01. The number of amides is 2. The number of nitrogens with zero attached hydrogens (tertiary/aromatic N) is 1. The number of carboxylic acid groups (broad SMARTS) is 1. The van der Waals surface area contributed by atoms with E-state index in [9.17, 15) is 23.1 Å². The number of nitrogens with one attached hydrogen (secondary N) is 2. The van der Waals surface area contributed by atoms with Crippen molar-refractivity contribution in [2.24, 2.45) is 5.41 Å². The molecule has 0 aromatic heterocycles. The molecule has 1 aromatic rings. The Labute approximate surface area is 160 Å². The summed E-state index contributed by atoms with van der Waals surface area (Å²) in [6.45, 7) is 6.16. The van der Waals surface area contributed by atoms with Crippen LogP contribution in [0.15, 0.2) is 23.1 Å². The Balaban J connectivity index is 2.13. The normalized spacial score (nSPS) is 19.9. The van der Waals surface area contributed by atoms with Gasteiger partial charge in [0.15, 0.2) is 0 Å². The van der Waals surface area contributed by atoms with Gasteiger partial charge in [-0.05, 0) is 44.4 Å². The predicted molar refractivity (Wildman–Crippen MR) is 102 cm³/mol. The Kier molecular flexibility index (Phi) is 6.48. The van der Waals surface area contributed by atoms with Gasteiger partial charge in [0, 0.05) is 25.3 Å². The number of rotatable bonds is 7. The van der Waals surface area contributed by atoms with Gasteiger partial charge >= 0.3 is 12.0 Å². The minimum absolute atomic E-state index is 0.0799. The van der Waals surface area contributed by atoms with Gasteiger partial charge in [-0.2, -0.15) is 0 Å². The first-order valence-electron chi connectivity index (χ1n) is 8.99. The summed E-state index contributed by atoms with van der Waals surface area (Å²) < 4.78 is 27.3. The van der Waals surface area contributed by atoms with Crippen LogP contribution in [0.3, 0.4) is 0 Å². The number of carboxylic acids is 1. The second-order valence-corrected chi connectivity index (χ2v) is 8.96. The third-order valence-electron chi connectivity index (χ3n) is 4.86. The summed E-state index contributed by atoms with van der Waals surface area (Å²) in [5.74, 6) is -0.930. The molecule has 2 rings (SSSR count). The minimum Gasteiger partial charge on any atom is -0.481 e. The summed E-state index contributed by atoms with van der Waals surface area (Å²) in [6, 6.07) is 4.12. The van der Waals surface area contributed by atoms with E-state index in [1.807, 2.05) is 6.92 Å². The molecule has 1 atom stereocenters. The molecule has 2 amide bonds. The van der Waals surface area contributed by atoms with Crippen molar-refractivity contribution in [2.75, 3.05) is 25.0 Å². The van der Waals surface area contributed by atoms with Crippen LogP contribution in [0.5, 0.6) is 0 Å². The number of unbranched alkanes of at least 4 members (excludes halogenated alkanes) is 1. The Morgan fingerprint density at radius 3 is 2.63 bits per heavy atom. The molecule has 1 aliphatic rings. The van der Waals surface area contributed by atoms with Crippen molar-refractivity contribution in [2.45, 2.75) is 44.9 Å². The molecule has 1 aliphatic heterocycles. The van der Waals surface area contributed by atoms with Crippen LogP contribution in [0.4, 0.5) is 10.5 Å². The van der Waals surface area contributed by atoms with E-state index in [-0.39, 0.29) is 11.4 Å². The van der Waals surface area contributed by atoms with Crippen LogP contribution >= 0.6 is 0 Å². The number of carbonyl (C=O) groups excluding carboxylic acids is 1. The standard InChI is InChI=1S/C18H27N3O5S/c1-4-5-9-19-27(25,26)14-7-6-13(2)15(11-14)20-17(24)21-10-8-18(3,12-21)16(22)23/h6-7,11,19H,4-5,8-10,12H2,1-3H3,(H,20,24)(H,22,23). The highest BCUT2D eigenvalue weighted by Gasteiger charge is 2.42. The van der Waals surface area contributed by atoms with Gasteiger partial charge in [0.05, 0.1) is 10.3 Å². The third kappa shape index (κ3) is 4.98. The van der Waals surface area contributed by atoms with Crippen LogP contribution in [-0.2, 0) is 14.8 Å². The van der Waals surface area contributed by atoms with Gasteiger partial charge in [-0.1, -0.05) is 19.4 Å². The van der Waals surface area contributed by atoms with Crippen LogP contribution < -0.4 is 10.0 Å². The summed E-state index contributed by atoms with van der Waals surface area (Å²) in [4.78, 5) is 25.4. The molecule has 0 radical (unpaired) electrons. The van der Waals surface area contributed by atoms with Crippen LogP contribution in [0.25, 0.3) is 0 Å². The molecule has 1 heterocycles. The number of hydrogen-bond acceptors (Lipinski definition) is 4. The number of sulfonamides is 1. The molecular weight excluding hydrogens is 370 g/mol. The quantitative estimate of drug-likeness (QED) is 0.611. The van der Waals surface area contributed by atoms with E-state index >= 15 is 0 Å². The van der Waals surface area contributed by atoms with E-state index in [4.69, 9.17) is 0 Å². The summed E-state index contributed by atoms with van der Waals surface area (Å²) in [6.07, 6.45) is 2.00. The largest absolute Gasteiger partial charge is 0.481 e. The van der Waals surface area contributed by atoms with Crippen LogP contribution in [0.2, 0.25) is 0 Å². The molecule has 0 bridgehead atoms. The van der Waals surface area contributed by atoms with Crippen LogP contribution in [0.1, 0.15) is 38.7 Å². The summed E-state index contributed by atoms with van der Waals surface area (Å²) in [7, 11) is -3.65. The molecule has 9 heteroatoms. The maximum Gasteiger partial charge on any atom is 0.321 e. The van der Waals surface area contributed by atoms with E-state index in [0.717, 1.165) is 18.4 Å². The molecule has 0 spiro atoms. The molecule has 1 saturated heterocycles. The highest BCUT2D eigenvalue weighted by atomic mass is 32.2. The van der Waals surface area contributed by atoms with Crippen molar-refractivity contribution >= 4 is 27.7 Å². The van der Waals surface area contributed by atoms with E-state index in [0.29, 0.717) is 25.2 Å². The van der Waals surface area contributed by atoms with Crippen molar-refractivity contribution in [3.05, 3.63) is 23.8 Å². The topological polar surface area (TPSA) is 116 Å². The number of hydrogen-bond donors (Lipinski definition) is 3. The molecule has 1 aromatic carbocycles. The highest BCUT2D eigenvalue weighted by Crippen LogP contribution is 2.31. The van der Waals surface area contributed by atoms with E-state index in [2.05, 4.69) is 10.0 Å². The van der Waals surface area contributed by atoms with E-state index in [1.165, 1.54) is 17.0 Å². The Morgan fingerprint density at radius 1 is 1.33 bits per heavy atom. The van der Waals surface area contributed by atoms with E-state index in [1.54, 1.807) is 19.9 Å². The second kappa shape index (κ2) is 8.26. The van der Waals surface area contributed by atoms with Crippen molar-refractivity contribution in [1.29, 1.82) is 0 Å². The van der Waals surface area contributed by atoms with Crippen molar-refractivity contribution in [3.63, 3.8) is 0 Å². The zero-order valence-electron chi connectivity index (χ0n) is 15.9. The lowest BCUT2D eigenvalue weighted by molar-refractivity contribution is -0.146. The first kappa shape index (κ1) is 21.2. The summed E-state index contributed by atoms with van der Waals surface area (Å²) in [5, 5.41) is 12.0. The Bertz CT molecular complexity index is 824. The zero-order chi connectivity index (χ0) is 20.2. The lowest BCUT2D eigenvalue weighted by atomic mass is 9.90. The van der Waals surface area contributed by atoms with Gasteiger partial charge in [-0.15, -0.1) is 0 Å². The molecule has 0 aliphatic carbocycles. The molecule has 0 saturated carbocycles. The fraction of sp³-hybridized carbons (Fsp3) is 0.556. The lowest BCUT2D eigenvalue weighted by Gasteiger charge is -2.21. The minimum atomic E-state index is -3.65. The fourth-order valence-corrected chi connectivity index (χ4v) is 3.97. The van der Waals surface area contributed by atoms with E-state index < -0.39 is 27.4 Å². The number of carbonyl (C=O) groups is 2. The first-order chi connectivity index (χ1) is 12.6. The zero-order valence-corrected chi connectivity index (χ0v) is 16.7. The molecule has 1 unspecified atom stereocenters. The molecule has 27 heavy (non-hydrogen) atoms. The fourth-order valence-electron chi connectivity index (χ4n) is 2.87. The number of urea groups is 1. The summed E-state index contributed by atoms with van der Waals surface area (Å²) in [5.41, 5.74) is 0.152. The average molecular weight is 397 g/mol. The van der Waals surface area contributed by atoms with Crippen LogP contribution in [-0.4, -0.2) is 50.1 Å². The lowest BCUT2D eigenvalue weighted by Crippen LogP contribution is -2.37. The van der Waals surface area contributed by atoms with Crippen molar-refractivity contribution in [3.8, 4) is 0 Å². The number of likely N-dealkylation sites (tertiary alicyclic amines) is 1. The SMILES string of the molecule is CCCCNS(=O)(=O)c1ccc(C)c(NC(=O)N2CCC(C)(C(=O)O)C2)c1. The summed E-state index contributed by atoms with van der Waals surface area (Å²) >= 11 is 0. The predicted octanol–water partition coefficient (Wildman–Crippen LogP) is 2.40. The van der Waals surface area contributed by atoms with Gasteiger partial charge in [-0.3, -0.25) is 4.79 Å². The van der Waals surface area contributed by atoms with Crippen LogP contribution in [0, 0.1) is 12.3 Å². The van der Waals surface area contributed by atoms with Gasteiger partial charge in [0.1, 0.15) is 0 Å². The second-order valence-electron chi connectivity index (χ2n) is 7.20. The number of anilines is 1. The monoisotopic (exact) mass is 397 g/mol.